The molecule has 0 bridgehead atoms. The van der Waals surface area contributed by atoms with Crippen LogP contribution in [0.25, 0.3) is 0 Å². The summed E-state index contributed by atoms with van der Waals surface area (Å²) in [4.78, 5) is 4.39. The molecule has 1 aromatic carbocycles. The molecule has 0 aliphatic carbocycles. The van der Waals surface area contributed by atoms with E-state index >= 15 is 0 Å². The molecule has 0 amide bonds. The van der Waals surface area contributed by atoms with Crippen LogP contribution < -0.4 is 11.1 Å². The zero-order valence-electron chi connectivity index (χ0n) is 12.9. The summed E-state index contributed by atoms with van der Waals surface area (Å²) in [6.07, 6.45) is 4.12. The third-order valence-corrected chi connectivity index (χ3v) is 3.60. The number of nitrogens with one attached hydrogen (secondary N) is 1. The van der Waals surface area contributed by atoms with Crippen LogP contribution in [0.4, 0.5) is 5.69 Å². The number of hydrogen-bond acceptors (Lipinski definition) is 2. The third-order valence-electron chi connectivity index (χ3n) is 3.60. The lowest BCUT2D eigenvalue weighted by Crippen LogP contribution is -2.23. The Kier molecular flexibility index (Phi) is 5.81. The lowest BCUT2D eigenvalue weighted by Gasteiger charge is -2.12. The number of nitrogens with zero attached hydrogens (tertiary/aromatic N) is 1. The van der Waals surface area contributed by atoms with Crippen LogP contribution in [0.3, 0.4) is 0 Å². The van der Waals surface area contributed by atoms with Gasteiger partial charge in [-0.05, 0) is 36.5 Å². The van der Waals surface area contributed by atoms with Crippen molar-refractivity contribution in [1.29, 1.82) is 0 Å². The van der Waals surface area contributed by atoms with Gasteiger partial charge in [-0.25, -0.2) is 0 Å². The molecule has 4 nitrogen and oxygen atoms in total. The molecule has 1 heterocycles. The smallest absolute Gasteiger partial charge is 0.193 e. The number of guanidine groups is 1. The maximum absolute atomic E-state index is 5.94. The fourth-order valence-electron chi connectivity index (χ4n) is 2.28. The van der Waals surface area contributed by atoms with Crippen LogP contribution in [0.2, 0.25) is 0 Å². The van der Waals surface area contributed by atoms with Gasteiger partial charge in [-0.3, -0.25) is 4.99 Å². The van der Waals surface area contributed by atoms with E-state index in [-0.39, 0.29) is 0 Å². The maximum Gasteiger partial charge on any atom is 0.193 e. The number of ether oxygens (including phenoxy) is 1. The molecular weight excluding hydrogens is 262 g/mol. The average molecular weight is 287 g/mol. The monoisotopic (exact) mass is 287 g/mol. The molecule has 114 valence electrons. The molecule has 0 spiro atoms. The van der Waals surface area contributed by atoms with Gasteiger partial charge in [0.15, 0.2) is 5.96 Å². The average Bonchev–Trinajstić information content (AvgIpc) is 2.48. The third kappa shape index (κ3) is 5.23. The van der Waals surface area contributed by atoms with Gasteiger partial charge in [0.05, 0.1) is 13.2 Å². The van der Waals surface area contributed by atoms with Gasteiger partial charge in [0.2, 0.25) is 0 Å². The standard InChI is InChI=1S/C17H25N3O/c1-13(2)15-4-3-5-16(12-15)20-17(18)19-9-6-14-7-10-21-11-8-14/h3-5,7,12-13H,6,8-11H2,1-2H3,(H3,18,19,20). The predicted octanol–water partition coefficient (Wildman–Crippen LogP) is 3.27. The Hall–Kier alpha value is -1.81. The summed E-state index contributed by atoms with van der Waals surface area (Å²) < 4.78 is 5.29. The molecule has 2 rings (SSSR count). The van der Waals surface area contributed by atoms with E-state index in [2.05, 4.69) is 42.4 Å². The van der Waals surface area contributed by atoms with Gasteiger partial charge in [-0.2, -0.15) is 0 Å². The minimum absolute atomic E-state index is 0.476. The van der Waals surface area contributed by atoms with Crippen molar-refractivity contribution in [2.45, 2.75) is 32.6 Å². The number of benzene rings is 1. The van der Waals surface area contributed by atoms with Crippen LogP contribution in [0.15, 0.2) is 40.9 Å². The highest BCUT2D eigenvalue weighted by atomic mass is 16.5. The van der Waals surface area contributed by atoms with Gasteiger partial charge in [0, 0.05) is 12.2 Å². The van der Waals surface area contributed by atoms with Crippen LogP contribution in [0.5, 0.6) is 0 Å². The van der Waals surface area contributed by atoms with Crippen LogP contribution in [-0.2, 0) is 4.74 Å². The fraction of sp³-hybridized carbons (Fsp3) is 0.471. The molecular formula is C17H25N3O. The van der Waals surface area contributed by atoms with E-state index in [1.165, 1.54) is 11.1 Å². The summed E-state index contributed by atoms with van der Waals surface area (Å²) in [7, 11) is 0. The molecule has 4 heteroatoms. The molecule has 1 aliphatic heterocycles. The number of nitrogens with two attached hydrogens (primary N) is 1. The van der Waals surface area contributed by atoms with Gasteiger partial charge in [-0.1, -0.05) is 37.6 Å². The Morgan fingerprint density at radius 3 is 3.00 bits per heavy atom. The fourth-order valence-corrected chi connectivity index (χ4v) is 2.28. The van der Waals surface area contributed by atoms with Crippen molar-refractivity contribution >= 4 is 11.6 Å². The van der Waals surface area contributed by atoms with E-state index in [0.29, 0.717) is 18.4 Å². The number of anilines is 1. The first-order valence-electron chi connectivity index (χ1n) is 7.57. The van der Waals surface area contributed by atoms with E-state index in [1.54, 1.807) is 0 Å². The highest BCUT2D eigenvalue weighted by Gasteiger charge is 2.03. The summed E-state index contributed by atoms with van der Waals surface area (Å²) in [5, 5.41) is 3.16. The topological polar surface area (TPSA) is 59.6 Å². The Morgan fingerprint density at radius 1 is 1.43 bits per heavy atom. The highest BCUT2D eigenvalue weighted by Crippen LogP contribution is 2.18. The molecule has 21 heavy (non-hydrogen) atoms. The van der Waals surface area contributed by atoms with E-state index in [9.17, 15) is 0 Å². The van der Waals surface area contributed by atoms with Crippen LogP contribution in [0.1, 0.15) is 38.2 Å². The lowest BCUT2D eigenvalue weighted by atomic mass is 10.0. The SMILES string of the molecule is CC(C)c1cccc(NC(N)=NCCC2=CCOCC2)c1. The first kappa shape index (κ1) is 15.6. The number of hydrogen-bond donors (Lipinski definition) is 2. The van der Waals surface area contributed by atoms with Crippen molar-refractivity contribution < 1.29 is 4.74 Å². The predicted molar refractivity (Wildman–Crippen MR) is 88.8 cm³/mol. The first-order valence-corrected chi connectivity index (χ1v) is 7.57. The van der Waals surface area contributed by atoms with Crippen molar-refractivity contribution in [1.82, 2.24) is 0 Å². The molecule has 1 aliphatic rings. The Labute approximate surface area is 127 Å². The molecule has 0 unspecified atom stereocenters. The van der Waals surface area contributed by atoms with Crippen molar-refractivity contribution in [2.75, 3.05) is 25.1 Å². The highest BCUT2D eigenvalue weighted by molar-refractivity contribution is 5.92. The largest absolute Gasteiger partial charge is 0.377 e. The first-order chi connectivity index (χ1) is 10.1. The lowest BCUT2D eigenvalue weighted by molar-refractivity contribution is 0.153. The second kappa shape index (κ2) is 7.84. The summed E-state index contributed by atoms with van der Waals surface area (Å²) in [6, 6.07) is 8.29. The van der Waals surface area contributed by atoms with Gasteiger partial charge >= 0.3 is 0 Å². The normalized spacial score (nSPS) is 16.0. The quantitative estimate of drug-likeness (QED) is 0.496. The van der Waals surface area contributed by atoms with E-state index in [4.69, 9.17) is 10.5 Å². The molecule has 0 fully saturated rings. The van der Waals surface area contributed by atoms with E-state index in [0.717, 1.165) is 31.7 Å². The summed E-state index contributed by atoms with van der Waals surface area (Å²) in [5.41, 5.74) is 9.64. The minimum Gasteiger partial charge on any atom is -0.377 e. The molecule has 1 aromatic rings. The minimum atomic E-state index is 0.476. The zero-order valence-corrected chi connectivity index (χ0v) is 12.9. The molecule has 0 radical (unpaired) electrons. The molecule has 0 saturated heterocycles. The second-order valence-electron chi connectivity index (χ2n) is 5.61. The molecule has 0 atom stereocenters. The van der Waals surface area contributed by atoms with Gasteiger partial charge < -0.3 is 15.8 Å². The van der Waals surface area contributed by atoms with Crippen LogP contribution in [0, 0.1) is 0 Å². The van der Waals surface area contributed by atoms with Gasteiger partial charge in [0.1, 0.15) is 0 Å². The summed E-state index contributed by atoms with van der Waals surface area (Å²) >= 11 is 0. The van der Waals surface area contributed by atoms with Crippen LogP contribution >= 0.6 is 0 Å². The summed E-state index contributed by atoms with van der Waals surface area (Å²) in [5.74, 6) is 0.980. The summed E-state index contributed by atoms with van der Waals surface area (Å²) in [6.45, 7) is 6.63. The van der Waals surface area contributed by atoms with Crippen molar-refractivity contribution in [2.24, 2.45) is 10.7 Å². The number of aliphatic imine (C=N–C) groups is 1. The maximum atomic E-state index is 5.94. The molecule has 0 saturated carbocycles. The van der Waals surface area contributed by atoms with Crippen molar-refractivity contribution in [3.8, 4) is 0 Å². The molecule has 3 N–H and O–H groups in total. The number of rotatable bonds is 5. The second-order valence-corrected chi connectivity index (χ2v) is 5.61. The Bertz CT molecular complexity index is 521. The molecule has 0 aromatic heterocycles. The van der Waals surface area contributed by atoms with Gasteiger partial charge in [0.25, 0.3) is 0 Å². The van der Waals surface area contributed by atoms with Crippen molar-refractivity contribution in [3.63, 3.8) is 0 Å². The zero-order chi connectivity index (χ0) is 15.1. The Morgan fingerprint density at radius 2 is 2.29 bits per heavy atom. The van der Waals surface area contributed by atoms with Gasteiger partial charge in [-0.15, -0.1) is 0 Å². The van der Waals surface area contributed by atoms with Crippen LogP contribution in [-0.4, -0.2) is 25.7 Å². The Balaban J connectivity index is 1.85. The van der Waals surface area contributed by atoms with E-state index < -0.39 is 0 Å². The van der Waals surface area contributed by atoms with E-state index in [1.807, 2.05) is 12.1 Å². The van der Waals surface area contributed by atoms with Crippen molar-refractivity contribution in [3.05, 3.63) is 41.5 Å².